The molecule has 1 fully saturated rings. The van der Waals surface area contributed by atoms with Crippen LogP contribution in [0.4, 0.5) is 0 Å². The molecule has 0 amide bonds. The number of ketones is 1. The van der Waals surface area contributed by atoms with Crippen LogP contribution in [-0.2, 0) is 10.2 Å². The van der Waals surface area contributed by atoms with Crippen molar-refractivity contribution in [2.75, 3.05) is 0 Å². The van der Waals surface area contributed by atoms with E-state index in [0.717, 1.165) is 32.1 Å². The molecular formula is C19H27BrO. The van der Waals surface area contributed by atoms with E-state index in [1.807, 2.05) is 6.07 Å². The van der Waals surface area contributed by atoms with Crippen molar-refractivity contribution in [1.82, 2.24) is 0 Å². The summed E-state index contributed by atoms with van der Waals surface area (Å²) in [4.78, 5) is 13.5. The maximum atomic E-state index is 12.9. The molecule has 0 radical (unpaired) electrons. The van der Waals surface area contributed by atoms with Crippen molar-refractivity contribution >= 4 is 21.7 Å². The van der Waals surface area contributed by atoms with Gasteiger partial charge in [-0.2, -0.15) is 0 Å². The van der Waals surface area contributed by atoms with Gasteiger partial charge >= 0.3 is 0 Å². The topological polar surface area (TPSA) is 17.1 Å². The number of hydrogen-bond donors (Lipinski definition) is 0. The summed E-state index contributed by atoms with van der Waals surface area (Å²) >= 11 is 3.72. The molecule has 1 atom stereocenters. The number of carbonyl (C=O) groups excluding carboxylic acids is 1. The van der Waals surface area contributed by atoms with Gasteiger partial charge in [0.2, 0.25) is 0 Å². The van der Waals surface area contributed by atoms with Gasteiger partial charge in [-0.25, -0.2) is 0 Å². The summed E-state index contributed by atoms with van der Waals surface area (Å²) in [5.74, 6) is 0.474. The smallest absolute Gasteiger partial charge is 0.143 e. The molecule has 0 heterocycles. The second kappa shape index (κ2) is 8.12. The van der Waals surface area contributed by atoms with Gasteiger partial charge in [-0.3, -0.25) is 4.79 Å². The Kier molecular flexibility index (Phi) is 6.47. The molecule has 1 nitrogen and oxygen atoms in total. The molecule has 0 bridgehead atoms. The number of hydrogen-bond acceptors (Lipinski definition) is 1. The number of alkyl halides is 1. The number of rotatable bonds is 8. The Morgan fingerprint density at radius 3 is 2.48 bits per heavy atom. The maximum absolute atomic E-state index is 12.9. The highest BCUT2D eigenvalue weighted by molar-refractivity contribution is 9.09. The molecule has 0 spiro atoms. The molecule has 2 heteroatoms. The van der Waals surface area contributed by atoms with Gasteiger partial charge in [-0.1, -0.05) is 72.4 Å². The lowest BCUT2D eigenvalue weighted by molar-refractivity contribution is -0.124. The van der Waals surface area contributed by atoms with Crippen molar-refractivity contribution in [1.29, 1.82) is 0 Å². The molecule has 1 unspecified atom stereocenters. The molecule has 1 aromatic carbocycles. The minimum Gasteiger partial charge on any atom is -0.299 e. The Morgan fingerprint density at radius 1 is 1.19 bits per heavy atom. The molecule has 1 saturated carbocycles. The molecule has 0 aromatic heterocycles. The number of carbonyl (C=O) groups is 1. The van der Waals surface area contributed by atoms with E-state index in [1.54, 1.807) is 0 Å². The Morgan fingerprint density at radius 2 is 1.86 bits per heavy atom. The van der Waals surface area contributed by atoms with E-state index in [-0.39, 0.29) is 5.41 Å². The zero-order valence-electron chi connectivity index (χ0n) is 13.1. The molecule has 2 rings (SSSR count). The van der Waals surface area contributed by atoms with Crippen LogP contribution >= 0.6 is 15.9 Å². The molecule has 21 heavy (non-hydrogen) atoms. The Labute approximate surface area is 137 Å². The molecule has 1 aliphatic rings. The van der Waals surface area contributed by atoms with E-state index in [0.29, 0.717) is 10.6 Å². The third kappa shape index (κ3) is 4.18. The predicted molar refractivity (Wildman–Crippen MR) is 93.1 cm³/mol. The van der Waals surface area contributed by atoms with Gasteiger partial charge in [0, 0.05) is 11.2 Å². The predicted octanol–water partition coefficient (Wildman–Crippen LogP) is 5.80. The average Bonchev–Trinajstić information content (AvgIpc) is 2.99. The molecule has 1 aromatic rings. The summed E-state index contributed by atoms with van der Waals surface area (Å²) in [5.41, 5.74) is 1.07. The van der Waals surface area contributed by atoms with Crippen molar-refractivity contribution in [3.8, 4) is 0 Å². The first-order chi connectivity index (χ1) is 10.2. The highest BCUT2D eigenvalue weighted by atomic mass is 79.9. The highest BCUT2D eigenvalue weighted by Crippen LogP contribution is 2.43. The van der Waals surface area contributed by atoms with Gasteiger partial charge in [0.25, 0.3) is 0 Å². The van der Waals surface area contributed by atoms with Crippen LogP contribution in [0.2, 0.25) is 0 Å². The van der Waals surface area contributed by atoms with Crippen LogP contribution in [0.3, 0.4) is 0 Å². The summed E-state index contributed by atoms with van der Waals surface area (Å²) in [7, 11) is 0. The van der Waals surface area contributed by atoms with Gasteiger partial charge in [0.15, 0.2) is 0 Å². The number of benzene rings is 1. The molecule has 0 saturated heterocycles. The Hall–Kier alpha value is -0.630. The van der Waals surface area contributed by atoms with Crippen LogP contribution in [0.25, 0.3) is 0 Å². The first-order valence-electron chi connectivity index (χ1n) is 8.42. The first-order valence-corrected chi connectivity index (χ1v) is 9.33. The number of Topliss-reactive ketones (excluding diaryl/α,β-unsaturated/α-hetero) is 1. The zero-order chi connectivity index (χ0) is 15.1. The molecule has 0 aliphatic heterocycles. The Bertz CT molecular complexity index is 434. The fourth-order valence-electron chi connectivity index (χ4n) is 3.65. The first kappa shape index (κ1) is 16.7. The molecule has 0 N–H and O–H groups in total. The van der Waals surface area contributed by atoms with E-state index in [2.05, 4.69) is 47.1 Å². The van der Waals surface area contributed by atoms with Gasteiger partial charge in [0.05, 0.1) is 5.41 Å². The lowest BCUT2D eigenvalue weighted by Crippen LogP contribution is -2.32. The van der Waals surface area contributed by atoms with E-state index in [4.69, 9.17) is 0 Å². The van der Waals surface area contributed by atoms with Crippen molar-refractivity contribution in [3.05, 3.63) is 35.9 Å². The molecule has 116 valence electrons. The summed E-state index contributed by atoms with van der Waals surface area (Å²) < 4.78 is 0. The van der Waals surface area contributed by atoms with Crippen LogP contribution < -0.4 is 0 Å². The normalized spacial score (nSPS) is 18.6. The van der Waals surface area contributed by atoms with E-state index >= 15 is 0 Å². The lowest BCUT2D eigenvalue weighted by Gasteiger charge is -2.28. The van der Waals surface area contributed by atoms with Crippen molar-refractivity contribution in [3.63, 3.8) is 0 Å². The number of halogens is 1. The molecule has 1 aliphatic carbocycles. The third-order valence-electron chi connectivity index (χ3n) is 4.84. The van der Waals surface area contributed by atoms with Crippen LogP contribution in [-0.4, -0.2) is 10.6 Å². The highest BCUT2D eigenvalue weighted by Gasteiger charge is 2.41. The summed E-state index contributed by atoms with van der Waals surface area (Å²) in [6.07, 6.45) is 9.75. The fourth-order valence-corrected chi connectivity index (χ4v) is 4.43. The fraction of sp³-hybridized carbons (Fsp3) is 0.632. The maximum Gasteiger partial charge on any atom is 0.143 e. The molecular weight excluding hydrogens is 324 g/mol. The second-order valence-electron chi connectivity index (χ2n) is 6.36. The van der Waals surface area contributed by atoms with Gasteiger partial charge in [-0.15, -0.1) is 0 Å². The van der Waals surface area contributed by atoms with E-state index in [9.17, 15) is 4.79 Å². The standard InChI is InChI=1S/C19H27BrO/c1-2-9-17(20)12-8-13-18(21)19(14-6-7-15-19)16-10-4-3-5-11-16/h3-5,10-11,17H,2,6-9,12-15H2,1H3. The SMILES string of the molecule is CCCC(Br)CCCC(=O)C1(c2ccccc2)CCCC1. The summed E-state index contributed by atoms with van der Waals surface area (Å²) in [6.45, 7) is 2.21. The quantitative estimate of drug-likeness (QED) is 0.541. The summed E-state index contributed by atoms with van der Waals surface area (Å²) in [5, 5.41) is 0. The van der Waals surface area contributed by atoms with Gasteiger partial charge in [0.1, 0.15) is 5.78 Å². The van der Waals surface area contributed by atoms with Gasteiger partial charge in [-0.05, 0) is 37.7 Å². The lowest BCUT2D eigenvalue weighted by atomic mass is 9.74. The van der Waals surface area contributed by atoms with Crippen LogP contribution in [0.5, 0.6) is 0 Å². The van der Waals surface area contributed by atoms with E-state index < -0.39 is 0 Å². The minimum absolute atomic E-state index is 0.173. The van der Waals surface area contributed by atoms with Crippen LogP contribution in [0.1, 0.15) is 70.3 Å². The van der Waals surface area contributed by atoms with Crippen molar-refractivity contribution in [2.45, 2.75) is 75.0 Å². The summed E-state index contributed by atoms with van der Waals surface area (Å²) in [6, 6.07) is 10.5. The minimum atomic E-state index is -0.173. The van der Waals surface area contributed by atoms with Crippen molar-refractivity contribution < 1.29 is 4.79 Å². The Balaban J connectivity index is 1.97. The van der Waals surface area contributed by atoms with Gasteiger partial charge < -0.3 is 0 Å². The van der Waals surface area contributed by atoms with Crippen LogP contribution in [0.15, 0.2) is 30.3 Å². The average molecular weight is 351 g/mol. The third-order valence-corrected chi connectivity index (χ3v) is 5.76. The van der Waals surface area contributed by atoms with Crippen LogP contribution in [0, 0.1) is 0 Å². The van der Waals surface area contributed by atoms with E-state index in [1.165, 1.54) is 31.2 Å². The zero-order valence-corrected chi connectivity index (χ0v) is 14.7. The van der Waals surface area contributed by atoms with Crippen molar-refractivity contribution in [2.24, 2.45) is 0 Å². The monoisotopic (exact) mass is 350 g/mol. The second-order valence-corrected chi connectivity index (χ2v) is 7.65. The largest absolute Gasteiger partial charge is 0.299 e.